The van der Waals surface area contributed by atoms with E-state index in [0.717, 1.165) is 0 Å². The van der Waals surface area contributed by atoms with E-state index >= 15 is 0 Å². The lowest BCUT2D eigenvalue weighted by Crippen LogP contribution is -2.28. The lowest BCUT2D eigenvalue weighted by molar-refractivity contribution is -0.119. The number of nitrogens with one attached hydrogen (secondary N) is 2. The fourth-order valence-electron chi connectivity index (χ4n) is 1.59. The van der Waals surface area contributed by atoms with Crippen LogP contribution >= 0.6 is 0 Å². The van der Waals surface area contributed by atoms with Crippen molar-refractivity contribution in [1.82, 2.24) is 5.32 Å². The molecule has 1 aromatic rings. The first-order valence-electron chi connectivity index (χ1n) is 5.75. The normalized spacial score (nSPS) is 11.9. The molecule has 1 amide bonds. The Hall–Kier alpha value is -1.88. The van der Waals surface area contributed by atoms with Crippen molar-refractivity contribution in [3.05, 3.63) is 29.3 Å². The van der Waals surface area contributed by atoms with Gasteiger partial charge in [0, 0.05) is 18.2 Å². The van der Waals surface area contributed by atoms with Crippen molar-refractivity contribution >= 4 is 17.6 Å². The number of carbonyl (C=O) groups is 2. The topological polar surface area (TPSA) is 78.4 Å². The molecule has 1 aromatic carbocycles. The van der Waals surface area contributed by atoms with Crippen LogP contribution in [0.1, 0.15) is 22.8 Å². The average molecular weight is 250 g/mol. The third-order valence-electron chi connectivity index (χ3n) is 2.69. The minimum Gasteiger partial charge on any atom is -0.478 e. The number of aromatic carboxylic acids is 1. The molecule has 0 aliphatic carbocycles. The molecule has 0 aliphatic heterocycles. The lowest BCUT2D eigenvalue weighted by Gasteiger charge is -2.12. The summed E-state index contributed by atoms with van der Waals surface area (Å²) in [6, 6.07) is 4.86. The van der Waals surface area contributed by atoms with Gasteiger partial charge in [-0.1, -0.05) is 13.0 Å². The van der Waals surface area contributed by atoms with E-state index in [4.69, 9.17) is 5.11 Å². The van der Waals surface area contributed by atoms with E-state index in [0.29, 0.717) is 17.8 Å². The maximum absolute atomic E-state index is 11.8. The number of rotatable bonds is 5. The van der Waals surface area contributed by atoms with E-state index in [1.54, 1.807) is 33.0 Å². The summed E-state index contributed by atoms with van der Waals surface area (Å²) in [7, 11) is 1.78. The minimum absolute atomic E-state index is 0.135. The highest BCUT2D eigenvalue weighted by Gasteiger charge is 2.13. The molecule has 0 aromatic heterocycles. The summed E-state index contributed by atoms with van der Waals surface area (Å²) in [4.78, 5) is 22.7. The Balaban J connectivity index is 2.82. The van der Waals surface area contributed by atoms with Crippen molar-refractivity contribution in [1.29, 1.82) is 0 Å². The summed E-state index contributed by atoms with van der Waals surface area (Å²) in [5.74, 6) is -1.30. The summed E-state index contributed by atoms with van der Waals surface area (Å²) >= 11 is 0. The van der Waals surface area contributed by atoms with Crippen LogP contribution in [0.4, 0.5) is 5.69 Å². The van der Waals surface area contributed by atoms with Gasteiger partial charge in [-0.25, -0.2) is 4.79 Å². The van der Waals surface area contributed by atoms with E-state index in [1.165, 1.54) is 6.07 Å². The first kappa shape index (κ1) is 14.2. The van der Waals surface area contributed by atoms with Crippen molar-refractivity contribution in [2.45, 2.75) is 13.8 Å². The molecule has 0 aliphatic rings. The van der Waals surface area contributed by atoms with Gasteiger partial charge in [-0.15, -0.1) is 0 Å². The van der Waals surface area contributed by atoms with Gasteiger partial charge in [0.25, 0.3) is 0 Å². The smallest absolute Gasteiger partial charge is 0.336 e. The Morgan fingerprint density at radius 3 is 2.61 bits per heavy atom. The second-order valence-electron chi connectivity index (χ2n) is 4.28. The zero-order chi connectivity index (χ0) is 13.7. The minimum atomic E-state index is -0.994. The number of amides is 1. The van der Waals surface area contributed by atoms with Crippen molar-refractivity contribution in [3.8, 4) is 0 Å². The zero-order valence-electron chi connectivity index (χ0n) is 10.8. The number of aryl methyl sites for hydroxylation is 1. The molecule has 0 spiro atoms. The van der Waals surface area contributed by atoms with Gasteiger partial charge in [-0.2, -0.15) is 0 Å². The summed E-state index contributed by atoms with van der Waals surface area (Å²) in [5.41, 5.74) is 1.38. The van der Waals surface area contributed by atoms with Crippen LogP contribution in [0.25, 0.3) is 0 Å². The van der Waals surface area contributed by atoms with Crippen LogP contribution in [0, 0.1) is 12.8 Å². The SMILES string of the molecule is CNCC(C)C(=O)Nc1ccc(C)c(C(=O)O)c1. The summed E-state index contributed by atoms with van der Waals surface area (Å²) in [6.45, 7) is 4.10. The first-order valence-corrected chi connectivity index (χ1v) is 5.75. The molecule has 0 saturated heterocycles. The predicted molar refractivity (Wildman–Crippen MR) is 69.9 cm³/mol. The van der Waals surface area contributed by atoms with Gasteiger partial charge in [-0.3, -0.25) is 4.79 Å². The number of hydrogen-bond donors (Lipinski definition) is 3. The lowest BCUT2D eigenvalue weighted by atomic mass is 10.1. The van der Waals surface area contributed by atoms with Gasteiger partial charge < -0.3 is 15.7 Å². The Morgan fingerprint density at radius 1 is 1.39 bits per heavy atom. The number of anilines is 1. The molecule has 0 radical (unpaired) electrons. The summed E-state index contributed by atoms with van der Waals surface area (Å²) in [6.07, 6.45) is 0. The highest BCUT2D eigenvalue weighted by molar-refractivity contribution is 5.95. The van der Waals surface area contributed by atoms with E-state index in [1.807, 2.05) is 0 Å². The molecular weight excluding hydrogens is 232 g/mol. The van der Waals surface area contributed by atoms with Crippen molar-refractivity contribution < 1.29 is 14.7 Å². The molecule has 3 N–H and O–H groups in total. The molecule has 0 fully saturated rings. The largest absolute Gasteiger partial charge is 0.478 e. The average Bonchev–Trinajstić information content (AvgIpc) is 2.31. The van der Waals surface area contributed by atoms with E-state index in [-0.39, 0.29) is 17.4 Å². The molecule has 0 bridgehead atoms. The standard InChI is InChI=1S/C13H18N2O3/c1-8-4-5-10(6-11(8)13(17)18)15-12(16)9(2)7-14-3/h4-6,9,14H,7H2,1-3H3,(H,15,16)(H,17,18). The quantitative estimate of drug-likeness (QED) is 0.739. The Kier molecular flexibility index (Phi) is 4.85. The van der Waals surface area contributed by atoms with Crippen LogP contribution in [-0.4, -0.2) is 30.6 Å². The number of carbonyl (C=O) groups excluding carboxylic acids is 1. The van der Waals surface area contributed by atoms with Crippen LogP contribution in [0.15, 0.2) is 18.2 Å². The number of benzene rings is 1. The van der Waals surface area contributed by atoms with Gasteiger partial charge >= 0.3 is 5.97 Å². The molecule has 0 heterocycles. The Morgan fingerprint density at radius 2 is 2.06 bits per heavy atom. The molecule has 98 valence electrons. The predicted octanol–water partition coefficient (Wildman–Crippen LogP) is 1.49. The van der Waals surface area contributed by atoms with Crippen LogP contribution in [0.3, 0.4) is 0 Å². The molecular formula is C13H18N2O3. The number of hydrogen-bond acceptors (Lipinski definition) is 3. The molecule has 1 unspecified atom stereocenters. The second kappa shape index (κ2) is 6.16. The maximum Gasteiger partial charge on any atom is 0.336 e. The van der Waals surface area contributed by atoms with E-state index < -0.39 is 5.97 Å². The molecule has 1 atom stereocenters. The molecule has 5 nitrogen and oxygen atoms in total. The fourth-order valence-corrected chi connectivity index (χ4v) is 1.59. The molecule has 0 saturated carbocycles. The van der Waals surface area contributed by atoms with Crippen molar-refractivity contribution in [2.24, 2.45) is 5.92 Å². The highest BCUT2D eigenvalue weighted by Crippen LogP contribution is 2.16. The Bertz CT molecular complexity index is 458. The summed E-state index contributed by atoms with van der Waals surface area (Å²) < 4.78 is 0. The number of carboxylic acids is 1. The van der Waals surface area contributed by atoms with Gasteiger partial charge in [0.15, 0.2) is 0 Å². The molecule has 5 heteroatoms. The third kappa shape index (κ3) is 3.56. The Labute approximate surface area is 106 Å². The van der Waals surface area contributed by atoms with Gasteiger partial charge in [0.05, 0.1) is 5.56 Å². The van der Waals surface area contributed by atoms with Gasteiger partial charge in [0.2, 0.25) is 5.91 Å². The van der Waals surface area contributed by atoms with Gasteiger partial charge in [0.1, 0.15) is 0 Å². The monoisotopic (exact) mass is 250 g/mol. The first-order chi connectivity index (χ1) is 8.45. The summed E-state index contributed by atoms with van der Waals surface area (Å²) in [5, 5.41) is 14.6. The molecule has 18 heavy (non-hydrogen) atoms. The fraction of sp³-hybridized carbons (Fsp3) is 0.385. The van der Waals surface area contributed by atoms with Crippen LogP contribution < -0.4 is 10.6 Å². The van der Waals surface area contributed by atoms with Crippen LogP contribution in [-0.2, 0) is 4.79 Å². The van der Waals surface area contributed by atoms with E-state index in [9.17, 15) is 9.59 Å². The highest BCUT2D eigenvalue weighted by atomic mass is 16.4. The maximum atomic E-state index is 11.8. The van der Waals surface area contributed by atoms with Gasteiger partial charge in [-0.05, 0) is 31.7 Å². The zero-order valence-corrected chi connectivity index (χ0v) is 10.8. The van der Waals surface area contributed by atoms with Crippen molar-refractivity contribution in [2.75, 3.05) is 18.9 Å². The molecule has 1 rings (SSSR count). The van der Waals surface area contributed by atoms with E-state index in [2.05, 4.69) is 10.6 Å². The van der Waals surface area contributed by atoms with Crippen LogP contribution in [0.5, 0.6) is 0 Å². The van der Waals surface area contributed by atoms with Crippen molar-refractivity contribution in [3.63, 3.8) is 0 Å². The van der Waals surface area contributed by atoms with Crippen LogP contribution in [0.2, 0.25) is 0 Å². The number of carboxylic acid groups (broad SMARTS) is 1. The third-order valence-corrected chi connectivity index (χ3v) is 2.69. The second-order valence-corrected chi connectivity index (χ2v) is 4.28.